The van der Waals surface area contributed by atoms with E-state index in [4.69, 9.17) is 4.74 Å². The Morgan fingerprint density at radius 1 is 0.821 bits per heavy atom. The number of hydrogen-bond donors (Lipinski definition) is 0. The van der Waals surface area contributed by atoms with E-state index < -0.39 is 0 Å². The van der Waals surface area contributed by atoms with Gasteiger partial charge in [0.15, 0.2) is 0 Å². The van der Waals surface area contributed by atoms with Gasteiger partial charge in [0.25, 0.3) is 0 Å². The fourth-order valence-corrected chi connectivity index (χ4v) is 2.98. The van der Waals surface area contributed by atoms with E-state index in [1.54, 1.807) is 0 Å². The summed E-state index contributed by atoms with van der Waals surface area (Å²) in [5.41, 5.74) is 6.54. The van der Waals surface area contributed by atoms with E-state index in [2.05, 4.69) is 73.3 Å². The smallest absolute Gasteiger partial charge is 0.308 e. The largest absolute Gasteiger partial charge is 0.461 e. The van der Waals surface area contributed by atoms with Crippen LogP contribution >= 0.6 is 0 Å². The number of carbonyl (C=O) groups excluding carboxylic acids is 1. The number of benzene rings is 3. The second-order valence-electron chi connectivity index (χ2n) is 7.40. The highest BCUT2D eigenvalue weighted by molar-refractivity contribution is 5.79. The third-order valence-corrected chi connectivity index (χ3v) is 4.66. The van der Waals surface area contributed by atoms with E-state index >= 15 is 0 Å². The van der Waals surface area contributed by atoms with Gasteiger partial charge in [-0.3, -0.25) is 4.79 Å². The van der Waals surface area contributed by atoms with Gasteiger partial charge in [-0.25, -0.2) is 0 Å². The molecule has 0 atom stereocenters. The highest BCUT2D eigenvalue weighted by atomic mass is 16.5. The van der Waals surface area contributed by atoms with Crippen LogP contribution in [0.4, 0.5) is 17.1 Å². The number of hydrogen-bond acceptors (Lipinski definition) is 3. The minimum atomic E-state index is -0.188. The average molecular weight is 373 g/mol. The predicted molar refractivity (Wildman–Crippen MR) is 115 cm³/mol. The van der Waals surface area contributed by atoms with Crippen molar-refractivity contribution >= 4 is 23.0 Å². The zero-order valence-electron chi connectivity index (χ0n) is 17.0. The van der Waals surface area contributed by atoms with E-state index in [0.717, 1.165) is 22.6 Å². The fraction of sp³-hybridized carbons (Fsp3) is 0.240. The van der Waals surface area contributed by atoms with E-state index in [9.17, 15) is 4.79 Å². The molecule has 0 heterocycles. The van der Waals surface area contributed by atoms with Gasteiger partial charge in [0.1, 0.15) is 6.61 Å². The van der Waals surface area contributed by atoms with Crippen molar-refractivity contribution in [1.82, 2.24) is 0 Å². The Hall–Kier alpha value is -3.07. The second-order valence-corrected chi connectivity index (χ2v) is 7.40. The maximum atomic E-state index is 12.0. The molecule has 28 heavy (non-hydrogen) atoms. The summed E-state index contributed by atoms with van der Waals surface area (Å²) in [7, 11) is 0. The summed E-state index contributed by atoms with van der Waals surface area (Å²) in [5.74, 6) is -0.329. The number of aryl methyl sites for hydroxylation is 2. The van der Waals surface area contributed by atoms with Crippen LogP contribution in [0.25, 0.3) is 0 Å². The molecule has 0 aliphatic heterocycles. The number of para-hydroxylation sites is 1. The van der Waals surface area contributed by atoms with E-state index in [0.29, 0.717) is 0 Å². The van der Waals surface area contributed by atoms with Crippen LogP contribution in [0.5, 0.6) is 0 Å². The monoisotopic (exact) mass is 373 g/mol. The first-order chi connectivity index (χ1) is 13.5. The van der Waals surface area contributed by atoms with Crippen LogP contribution < -0.4 is 4.90 Å². The molecule has 0 bridgehead atoms. The molecule has 0 aliphatic carbocycles. The zero-order chi connectivity index (χ0) is 20.1. The molecule has 3 aromatic carbocycles. The molecular weight excluding hydrogens is 346 g/mol. The van der Waals surface area contributed by atoms with Gasteiger partial charge in [-0.15, -0.1) is 0 Å². The van der Waals surface area contributed by atoms with Gasteiger partial charge < -0.3 is 9.64 Å². The predicted octanol–water partition coefficient (Wildman–Crippen LogP) is 6.47. The summed E-state index contributed by atoms with van der Waals surface area (Å²) in [5, 5.41) is 0. The van der Waals surface area contributed by atoms with Gasteiger partial charge >= 0.3 is 5.97 Å². The maximum Gasteiger partial charge on any atom is 0.308 e. The first-order valence-electron chi connectivity index (χ1n) is 9.63. The number of esters is 1. The van der Waals surface area contributed by atoms with Gasteiger partial charge in [0.05, 0.1) is 11.6 Å². The first kappa shape index (κ1) is 19.7. The molecule has 0 saturated carbocycles. The van der Waals surface area contributed by atoms with E-state index in [1.165, 1.54) is 11.1 Å². The van der Waals surface area contributed by atoms with Crippen LogP contribution in [-0.2, 0) is 16.1 Å². The Labute approximate surface area is 167 Å². The minimum absolute atomic E-state index is 0.141. The van der Waals surface area contributed by atoms with Crippen molar-refractivity contribution in [2.75, 3.05) is 4.90 Å². The molecule has 3 rings (SSSR count). The number of nitrogens with zero attached hydrogens (tertiary/aromatic N) is 1. The first-order valence-corrected chi connectivity index (χ1v) is 9.63. The summed E-state index contributed by atoms with van der Waals surface area (Å²) >= 11 is 0. The highest BCUT2D eigenvalue weighted by Gasteiger charge is 2.17. The third-order valence-electron chi connectivity index (χ3n) is 4.66. The summed E-state index contributed by atoms with van der Waals surface area (Å²) in [6.07, 6.45) is 0. The van der Waals surface area contributed by atoms with Gasteiger partial charge in [-0.05, 0) is 44.2 Å². The lowest BCUT2D eigenvalue weighted by atomic mass is 10.1. The maximum absolute atomic E-state index is 12.0. The van der Waals surface area contributed by atoms with Gasteiger partial charge in [0.2, 0.25) is 0 Å². The molecule has 0 spiro atoms. The molecule has 0 N–H and O–H groups in total. The number of rotatable bonds is 6. The number of ether oxygens (including phenoxy) is 1. The van der Waals surface area contributed by atoms with Crippen molar-refractivity contribution in [3.63, 3.8) is 0 Å². The summed E-state index contributed by atoms with van der Waals surface area (Å²) in [4.78, 5) is 14.2. The Bertz CT molecular complexity index is 882. The van der Waals surface area contributed by atoms with Crippen molar-refractivity contribution in [2.24, 2.45) is 5.92 Å². The van der Waals surface area contributed by atoms with E-state index in [1.807, 2.05) is 32.0 Å². The number of anilines is 3. The molecule has 3 aromatic rings. The summed E-state index contributed by atoms with van der Waals surface area (Å²) < 4.78 is 5.52. The van der Waals surface area contributed by atoms with Gasteiger partial charge in [-0.2, -0.15) is 0 Å². The Kier molecular flexibility index (Phi) is 6.15. The minimum Gasteiger partial charge on any atom is -0.461 e. The van der Waals surface area contributed by atoms with Crippen LogP contribution in [-0.4, -0.2) is 5.97 Å². The Balaban J connectivity index is 2.04. The normalized spacial score (nSPS) is 10.8. The molecule has 3 heteroatoms. The van der Waals surface area contributed by atoms with Crippen molar-refractivity contribution < 1.29 is 9.53 Å². The lowest BCUT2D eigenvalue weighted by molar-refractivity contribution is -0.148. The molecule has 0 radical (unpaired) electrons. The molecule has 3 nitrogen and oxygen atoms in total. The fourth-order valence-electron chi connectivity index (χ4n) is 2.98. The van der Waals surface area contributed by atoms with Crippen molar-refractivity contribution in [3.05, 3.63) is 89.5 Å². The topological polar surface area (TPSA) is 29.5 Å². The summed E-state index contributed by atoms with van der Waals surface area (Å²) in [6, 6.07) is 25.0. The van der Waals surface area contributed by atoms with Gasteiger partial charge in [-0.1, -0.05) is 67.4 Å². The Morgan fingerprint density at radius 2 is 1.32 bits per heavy atom. The van der Waals surface area contributed by atoms with Crippen molar-refractivity contribution in [3.8, 4) is 0 Å². The van der Waals surface area contributed by atoms with Crippen molar-refractivity contribution in [2.45, 2.75) is 34.3 Å². The molecule has 0 fully saturated rings. The molecule has 0 saturated heterocycles. The molecule has 0 aromatic heterocycles. The van der Waals surface area contributed by atoms with Crippen LogP contribution in [0.3, 0.4) is 0 Å². The van der Waals surface area contributed by atoms with E-state index in [-0.39, 0.29) is 18.5 Å². The lowest BCUT2D eigenvalue weighted by Gasteiger charge is -2.28. The quantitative estimate of drug-likeness (QED) is 0.464. The van der Waals surface area contributed by atoms with Crippen LogP contribution in [0, 0.1) is 19.8 Å². The molecular formula is C25H27NO2. The second kappa shape index (κ2) is 8.75. The molecule has 0 unspecified atom stereocenters. The summed E-state index contributed by atoms with van der Waals surface area (Å²) in [6.45, 7) is 8.11. The van der Waals surface area contributed by atoms with Gasteiger partial charge in [0, 0.05) is 16.9 Å². The number of carbonyl (C=O) groups is 1. The third kappa shape index (κ3) is 4.61. The molecule has 0 amide bonds. The standard InChI is InChI=1S/C25H27NO2/c1-18(2)25(27)28-17-21-7-5-6-8-24(21)26(22-13-9-19(3)10-14-22)23-15-11-20(4)12-16-23/h5-16,18H,17H2,1-4H3. The lowest BCUT2D eigenvalue weighted by Crippen LogP contribution is -2.15. The molecule has 0 aliphatic rings. The Morgan fingerprint density at radius 3 is 1.82 bits per heavy atom. The zero-order valence-corrected chi connectivity index (χ0v) is 17.0. The van der Waals surface area contributed by atoms with Crippen molar-refractivity contribution in [1.29, 1.82) is 0 Å². The molecule has 144 valence electrons. The van der Waals surface area contributed by atoms with Crippen LogP contribution in [0.2, 0.25) is 0 Å². The average Bonchev–Trinajstić information content (AvgIpc) is 2.70. The SMILES string of the molecule is Cc1ccc(N(c2ccc(C)cc2)c2ccccc2COC(=O)C(C)C)cc1. The highest BCUT2D eigenvalue weighted by Crippen LogP contribution is 2.37. The van der Waals surface area contributed by atoms with Crippen LogP contribution in [0.1, 0.15) is 30.5 Å². The van der Waals surface area contributed by atoms with Crippen LogP contribution in [0.15, 0.2) is 72.8 Å².